The van der Waals surface area contributed by atoms with Crippen LogP contribution >= 0.6 is 0 Å². The molecule has 2 N–H and O–H groups in total. The number of hydrogen-bond donors (Lipinski definition) is 0. The zero-order chi connectivity index (χ0) is 11.1. The first-order valence-corrected chi connectivity index (χ1v) is 6.15. The summed E-state index contributed by atoms with van der Waals surface area (Å²) in [6.45, 7) is 11.9. The quantitative estimate of drug-likeness (QED) is 0.605. The lowest BCUT2D eigenvalue weighted by Gasteiger charge is -2.35. The van der Waals surface area contributed by atoms with Gasteiger partial charge in [0.25, 0.3) is 0 Å². The molecule has 0 fully saturated rings. The fraction of sp³-hybridized carbons (Fsp3) is 0.571. The maximum absolute atomic E-state index is 2.30. The van der Waals surface area contributed by atoms with Gasteiger partial charge >= 0.3 is 0 Å². The lowest BCUT2D eigenvalue weighted by atomic mass is 10.1. The number of benzene rings is 1. The Hall–Kier alpha value is -0.570. The Morgan fingerprint density at radius 1 is 0.882 bits per heavy atom. The topological polar surface area (TPSA) is 31.5 Å². The third kappa shape index (κ3) is 5.53. The Bertz CT molecular complexity index is 265. The lowest BCUT2D eigenvalue weighted by Crippen LogP contribution is -3.00. The van der Waals surface area contributed by atoms with Crippen LogP contribution in [0.15, 0.2) is 30.3 Å². The largest absolute Gasteiger partial charge is 1.00 e. The molecular formula is C14H26ClNO. The molecule has 100 valence electrons. The Morgan fingerprint density at radius 3 is 1.76 bits per heavy atom. The van der Waals surface area contributed by atoms with E-state index in [4.69, 9.17) is 0 Å². The molecule has 0 aromatic heterocycles. The molecule has 1 rings (SSSR count). The minimum Gasteiger partial charge on any atom is -1.00 e. The van der Waals surface area contributed by atoms with E-state index < -0.39 is 0 Å². The molecule has 3 heteroatoms. The minimum absolute atomic E-state index is 0. The van der Waals surface area contributed by atoms with E-state index in [9.17, 15) is 0 Å². The van der Waals surface area contributed by atoms with Gasteiger partial charge in [-0.15, -0.1) is 0 Å². The highest BCUT2D eigenvalue weighted by atomic mass is 35.5. The fourth-order valence-electron chi connectivity index (χ4n) is 2.16. The summed E-state index contributed by atoms with van der Waals surface area (Å²) in [5.74, 6) is 0. The summed E-state index contributed by atoms with van der Waals surface area (Å²) >= 11 is 0. The van der Waals surface area contributed by atoms with Gasteiger partial charge in [-0.3, -0.25) is 0 Å². The Labute approximate surface area is 112 Å². The highest BCUT2D eigenvalue weighted by Gasteiger charge is 2.19. The summed E-state index contributed by atoms with van der Waals surface area (Å²) in [5.41, 5.74) is 1.47. The molecule has 0 aliphatic heterocycles. The van der Waals surface area contributed by atoms with Gasteiger partial charge < -0.3 is 22.4 Å². The molecule has 0 bridgehead atoms. The average Bonchev–Trinajstić information content (AvgIpc) is 2.33. The molecule has 0 aliphatic rings. The van der Waals surface area contributed by atoms with E-state index in [1.807, 2.05) is 0 Å². The van der Waals surface area contributed by atoms with Crippen LogP contribution in [-0.4, -0.2) is 36.1 Å². The molecule has 0 spiro atoms. The third-order valence-corrected chi connectivity index (χ3v) is 3.73. The van der Waals surface area contributed by atoms with Gasteiger partial charge in [-0.1, -0.05) is 30.3 Å². The van der Waals surface area contributed by atoms with Gasteiger partial charge in [-0.05, 0) is 26.3 Å². The Kier molecular flexibility index (Phi) is 10.5. The normalized spacial score (nSPS) is 10.3. The van der Waals surface area contributed by atoms with E-state index in [2.05, 4.69) is 51.1 Å². The molecule has 0 amide bonds. The number of likely N-dealkylation sites (N-methyl/N-ethyl adjacent to an activating group) is 1. The van der Waals surface area contributed by atoms with Crippen LogP contribution in [0, 0.1) is 0 Å². The van der Waals surface area contributed by atoms with Crippen molar-refractivity contribution in [2.75, 3.05) is 26.2 Å². The number of rotatable bonds is 6. The summed E-state index contributed by atoms with van der Waals surface area (Å²) in [6, 6.07) is 10.8. The predicted molar refractivity (Wildman–Crippen MR) is 70.5 cm³/mol. The van der Waals surface area contributed by atoms with E-state index >= 15 is 0 Å². The van der Waals surface area contributed by atoms with Crippen molar-refractivity contribution in [3.8, 4) is 0 Å². The highest BCUT2D eigenvalue weighted by molar-refractivity contribution is 5.14. The zero-order valence-electron chi connectivity index (χ0n) is 11.2. The van der Waals surface area contributed by atoms with Crippen molar-refractivity contribution in [1.29, 1.82) is 0 Å². The van der Waals surface area contributed by atoms with Gasteiger partial charge in [0, 0.05) is 6.42 Å². The molecule has 1 aromatic rings. The molecule has 0 unspecified atom stereocenters. The maximum Gasteiger partial charge on any atom is 0.0827 e. The van der Waals surface area contributed by atoms with Crippen molar-refractivity contribution in [3.05, 3.63) is 35.9 Å². The standard InChI is InChI=1S/C14H24N.ClH.H2O/c1-4-15(5-2,6-3)13-12-14-10-8-7-9-11-14;;/h7-11H,4-6,12-13H2,1-3H3;1H;1H2/q+1;;/p-1. The summed E-state index contributed by atoms with van der Waals surface area (Å²) in [4.78, 5) is 0. The number of nitrogens with zero attached hydrogens (tertiary/aromatic N) is 1. The van der Waals surface area contributed by atoms with Crippen molar-refractivity contribution in [2.45, 2.75) is 27.2 Å². The van der Waals surface area contributed by atoms with Crippen molar-refractivity contribution < 1.29 is 22.4 Å². The molecule has 0 saturated carbocycles. The number of hydrogen-bond acceptors (Lipinski definition) is 0. The predicted octanol–water partition coefficient (Wildman–Crippen LogP) is -0.715. The average molecular weight is 260 g/mol. The molecular weight excluding hydrogens is 234 g/mol. The van der Waals surface area contributed by atoms with Gasteiger partial charge in [-0.25, -0.2) is 0 Å². The first-order chi connectivity index (χ1) is 7.26. The summed E-state index contributed by atoms with van der Waals surface area (Å²) < 4.78 is 1.24. The Morgan fingerprint density at radius 2 is 1.35 bits per heavy atom. The summed E-state index contributed by atoms with van der Waals surface area (Å²) in [6.07, 6.45) is 1.20. The van der Waals surface area contributed by atoms with Crippen LogP contribution in [0.1, 0.15) is 26.3 Å². The van der Waals surface area contributed by atoms with Crippen LogP contribution in [0.2, 0.25) is 0 Å². The van der Waals surface area contributed by atoms with E-state index in [1.54, 1.807) is 0 Å². The van der Waals surface area contributed by atoms with Crippen LogP contribution in [0.3, 0.4) is 0 Å². The van der Waals surface area contributed by atoms with Crippen molar-refractivity contribution in [2.24, 2.45) is 0 Å². The van der Waals surface area contributed by atoms with E-state index in [0.29, 0.717) is 0 Å². The second-order valence-electron chi connectivity index (χ2n) is 4.25. The van der Waals surface area contributed by atoms with Gasteiger partial charge in [0.05, 0.1) is 26.2 Å². The SMILES string of the molecule is CC[N+](CC)(CC)CCc1ccccc1.O.[Cl-]. The summed E-state index contributed by atoms with van der Waals surface area (Å²) in [5, 5.41) is 0. The monoisotopic (exact) mass is 259 g/mol. The van der Waals surface area contributed by atoms with Gasteiger partial charge in [-0.2, -0.15) is 0 Å². The third-order valence-electron chi connectivity index (χ3n) is 3.73. The van der Waals surface area contributed by atoms with Crippen LogP contribution in [-0.2, 0) is 6.42 Å². The smallest absolute Gasteiger partial charge is 0.0827 e. The van der Waals surface area contributed by atoms with Crippen molar-refractivity contribution in [1.82, 2.24) is 0 Å². The minimum atomic E-state index is 0. The number of halogens is 1. The highest BCUT2D eigenvalue weighted by Crippen LogP contribution is 2.09. The second-order valence-corrected chi connectivity index (χ2v) is 4.25. The molecule has 0 heterocycles. The molecule has 0 aliphatic carbocycles. The molecule has 17 heavy (non-hydrogen) atoms. The Balaban J connectivity index is 0. The second kappa shape index (κ2) is 9.46. The van der Waals surface area contributed by atoms with E-state index in [0.717, 1.165) is 0 Å². The molecule has 0 radical (unpaired) electrons. The fourth-order valence-corrected chi connectivity index (χ4v) is 2.16. The van der Waals surface area contributed by atoms with E-state index in [1.165, 1.54) is 42.6 Å². The maximum atomic E-state index is 2.30. The van der Waals surface area contributed by atoms with Crippen LogP contribution < -0.4 is 12.4 Å². The van der Waals surface area contributed by atoms with Crippen LogP contribution in [0.25, 0.3) is 0 Å². The van der Waals surface area contributed by atoms with Gasteiger partial charge in [0.1, 0.15) is 0 Å². The molecule has 1 aromatic carbocycles. The van der Waals surface area contributed by atoms with Crippen LogP contribution in [0.4, 0.5) is 0 Å². The van der Waals surface area contributed by atoms with Crippen molar-refractivity contribution in [3.63, 3.8) is 0 Å². The number of quaternary nitrogens is 1. The van der Waals surface area contributed by atoms with Gasteiger partial charge in [0.2, 0.25) is 0 Å². The van der Waals surface area contributed by atoms with Crippen LogP contribution in [0.5, 0.6) is 0 Å². The van der Waals surface area contributed by atoms with Crippen molar-refractivity contribution >= 4 is 0 Å². The first kappa shape index (κ1) is 18.8. The first-order valence-electron chi connectivity index (χ1n) is 6.15. The molecule has 2 nitrogen and oxygen atoms in total. The lowest BCUT2D eigenvalue weighted by molar-refractivity contribution is -0.923. The summed E-state index contributed by atoms with van der Waals surface area (Å²) in [7, 11) is 0. The molecule has 0 saturated heterocycles. The van der Waals surface area contributed by atoms with Gasteiger partial charge in [0.15, 0.2) is 0 Å². The molecule has 0 atom stereocenters. The van der Waals surface area contributed by atoms with E-state index in [-0.39, 0.29) is 17.9 Å². The zero-order valence-corrected chi connectivity index (χ0v) is 12.0.